The van der Waals surface area contributed by atoms with Crippen LogP contribution in [0.15, 0.2) is 17.3 Å². The number of thioether (sulfide) groups is 1. The van der Waals surface area contributed by atoms with Gasteiger partial charge in [-0.05, 0) is 24.8 Å². The van der Waals surface area contributed by atoms with E-state index < -0.39 is 0 Å². The molecule has 0 aliphatic heterocycles. The van der Waals surface area contributed by atoms with E-state index in [2.05, 4.69) is 4.98 Å². The second-order valence-corrected chi connectivity index (χ2v) is 2.91. The van der Waals surface area contributed by atoms with Crippen molar-refractivity contribution < 1.29 is 0 Å². The predicted molar refractivity (Wildman–Crippen MR) is 56.5 cm³/mol. The molecule has 1 heterocycles. The van der Waals surface area contributed by atoms with Gasteiger partial charge in [-0.25, -0.2) is 4.98 Å². The van der Waals surface area contributed by atoms with E-state index in [1.807, 2.05) is 33.1 Å². The summed E-state index contributed by atoms with van der Waals surface area (Å²) in [4.78, 5) is 4.14. The third-order valence-corrected chi connectivity index (χ3v) is 1.97. The molecule has 1 aromatic rings. The number of rotatable bonds is 1. The fourth-order valence-corrected chi connectivity index (χ4v) is 1.03. The third-order valence-electron chi connectivity index (χ3n) is 1.33. The molecule has 0 bridgehead atoms. The minimum atomic E-state index is 0.819. The third kappa shape index (κ3) is 3.13. The fourth-order valence-electron chi connectivity index (χ4n) is 0.631. The highest BCUT2D eigenvalue weighted by Crippen LogP contribution is 2.16. The van der Waals surface area contributed by atoms with Crippen LogP contribution in [0.2, 0.25) is 0 Å². The minimum Gasteiger partial charge on any atom is -0.398 e. The van der Waals surface area contributed by atoms with Gasteiger partial charge in [0.2, 0.25) is 0 Å². The van der Waals surface area contributed by atoms with Crippen LogP contribution < -0.4 is 5.73 Å². The van der Waals surface area contributed by atoms with Gasteiger partial charge in [-0.1, -0.05) is 13.8 Å². The molecular formula is C9H16N2S. The number of anilines is 1. The highest BCUT2D eigenvalue weighted by Gasteiger charge is 1.94. The van der Waals surface area contributed by atoms with Crippen LogP contribution in [0.3, 0.4) is 0 Å². The van der Waals surface area contributed by atoms with E-state index in [-0.39, 0.29) is 0 Å². The van der Waals surface area contributed by atoms with Crippen LogP contribution in [0.5, 0.6) is 0 Å². The van der Waals surface area contributed by atoms with Crippen molar-refractivity contribution in [3.05, 3.63) is 17.8 Å². The molecule has 2 N–H and O–H groups in total. The number of nitrogens with zero attached hydrogens (tertiary/aromatic N) is 1. The minimum absolute atomic E-state index is 0.819. The lowest BCUT2D eigenvalue weighted by atomic mass is 10.3. The summed E-state index contributed by atoms with van der Waals surface area (Å²) >= 11 is 1.60. The summed E-state index contributed by atoms with van der Waals surface area (Å²) in [7, 11) is 0. The second kappa shape index (κ2) is 5.89. The first kappa shape index (κ1) is 11.3. The van der Waals surface area contributed by atoms with Gasteiger partial charge in [-0.2, -0.15) is 0 Å². The normalized spacial score (nSPS) is 8.67. The van der Waals surface area contributed by atoms with Gasteiger partial charge in [0.1, 0.15) is 0 Å². The van der Waals surface area contributed by atoms with E-state index in [1.54, 1.807) is 18.0 Å². The molecule has 0 saturated carbocycles. The summed E-state index contributed by atoms with van der Waals surface area (Å²) < 4.78 is 0. The number of nitrogen functional groups attached to an aromatic ring is 1. The van der Waals surface area contributed by atoms with Crippen molar-refractivity contribution in [3.63, 3.8) is 0 Å². The van der Waals surface area contributed by atoms with E-state index in [1.165, 1.54) is 0 Å². The first-order valence-electron chi connectivity index (χ1n) is 4.00. The quantitative estimate of drug-likeness (QED) is 0.682. The number of aryl methyl sites for hydroxylation is 1. The molecule has 0 radical (unpaired) electrons. The van der Waals surface area contributed by atoms with Gasteiger partial charge in [0.25, 0.3) is 0 Å². The summed E-state index contributed by atoms with van der Waals surface area (Å²) in [6.07, 6.45) is 3.78. The van der Waals surface area contributed by atoms with E-state index in [9.17, 15) is 0 Å². The van der Waals surface area contributed by atoms with Crippen LogP contribution in [0.4, 0.5) is 5.69 Å². The molecule has 0 saturated heterocycles. The number of hydrogen-bond donors (Lipinski definition) is 1. The molecule has 0 atom stereocenters. The maximum absolute atomic E-state index is 5.64. The Labute approximate surface area is 78.6 Å². The largest absolute Gasteiger partial charge is 0.398 e. The lowest BCUT2D eigenvalue weighted by Gasteiger charge is -1.99. The Morgan fingerprint density at radius 3 is 2.42 bits per heavy atom. The Morgan fingerprint density at radius 2 is 2.00 bits per heavy atom. The molecule has 3 heteroatoms. The average molecular weight is 184 g/mol. The van der Waals surface area contributed by atoms with Gasteiger partial charge in [0.15, 0.2) is 0 Å². The summed E-state index contributed by atoms with van der Waals surface area (Å²) in [5.41, 5.74) is 7.50. The van der Waals surface area contributed by atoms with Gasteiger partial charge in [-0.3, -0.25) is 0 Å². The Balaban J connectivity index is 0.000000561. The summed E-state index contributed by atoms with van der Waals surface area (Å²) in [6, 6.07) is 1.89. The lowest BCUT2D eigenvalue weighted by molar-refractivity contribution is 1.12. The van der Waals surface area contributed by atoms with Crippen molar-refractivity contribution in [3.8, 4) is 0 Å². The smallest absolute Gasteiger partial charge is 0.0977 e. The van der Waals surface area contributed by atoms with E-state index in [4.69, 9.17) is 5.73 Å². The van der Waals surface area contributed by atoms with Crippen LogP contribution in [-0.2, 0) is 0 Å². The molecule has 0 fully saturated rings. The summed E-state index contributed by atoms with van der Waals surface area (Å²) in [5, 5.41) is 0.975. The van der Waals surface area contributed by atoms with Gasteiger partial charge >= 0.3 is 0 Å². The topological polar surface area (TPSA) is 38.9 Å². The SMILES string of the molecule is CC.CSc1cc(N)c(C)cn1. The molecular weight excluding hydrogens is 168 g/mol. The molecule has 1 aromatic heterocycles. The Morgan fingerprint density at radius 1 is 1.42 bits per heavy atom. The zero-order valence-corrected chi connectivity index (χ0v) is 8.90. The van der Waals surface area contributed by atoms with Gasteiger partial charge in [0.05, 0.1) is 5.03 Å². The second-order valence-electron chi connectivity index (χ2n) is 2.08. The standard InChI is InChI=1S/C7H10N2S.C2H6/c1-5-4-9-7(10-2)3-6(5)8;1-2/h3-4H,1-2H3,(H2,8,9);1-2H3. The molecule has 68 valence electrons. The van der Waals surface area contributed by atoms with Crippen LogP contribution in [0, 0.1) is 6.92 Å². The molecule has 0 unspecified atom stereocenters. The Bertz CT molecular complexity index is 236. The molecule has 0 spiro atoms. The van der Waals surface area contributed by atoms with Gasteiger partial charge < -0.3 is 5.73 Å². The highest BCUT2D eigenvalue weighted by molar-refractivity contribution is 7.98. The van der Waals surface area contributed by atoms with Crippen molar-refractivity contribution in [2.24, 2.45) is 0 Å². The zero-order valence-electron chi connectivity index (χ0n) is 8.09. The first-order valence-corrected chi connectivity index (χ1v) is 5.22. The molecule has 1 rings (SSSR count). The Hall–Kier alpha value is -0.700. The van der Waals surface area contributed by atoms with Crippen molar-refractivity contribution in [1.29, 1.82) is 0 Å². The van der Waals surface area contributed by atoms with E-state index in [0.29, 0.717) is 0 Å². The highest BCUT2D eigenvalue weighted by atomic mass is 32.2. The molecule has 0 aromatic carbocycles. The first-order chi connectivity index (χ1) is 5.74. The fraction of sp³-hybridized carbons (Fsp3) is 0.444. The maximum atomic E-state index is 5.64. The van der Waals surface area contributed by atoms with Crippen LogP contribution in [0.25, 0.3) is 0 Å². The number of pyridine rings is 1. The van der Waals surface area contributed by atoms with Crippen LogP contribution in [0.1, 0.15) is 19.4 Å². The maximum Gasteiger partial charge on any atom is 0.0977 e. The summed E-state index contributed by atoms with van der Waals surface area (Å²) in [6.45, 7) is 5.95. The molecule has 12 heavy (non-hydrogen) atoms. The lowest BCUT2D eigenvalue weighted by Crippen LogP contribution is -1.91. The predicted octanol–water partition coefficient (Wildman–Crippen LogP) is 2.72. The molecule has 0 amide bonds. The summed E-state index contributed by atoms with van der Waals surface area (Å²) in [5.74, 6) is 0. The molecule has 2 nitrogen and oxygen atoms in total. The monoisotopic (exact) mass is 184 g/mol. The number of hydrogen-bond acceptors (Lipinski definition) is 3. The van der Waals surface area contributed by atoms with Gasteiger partial charge in [0, 0.05) is 11.9 Å². The number of nitrogens with two attached hydrogens (primary N) is 1. The Kier molecular flexibility index (Phi) is 5.54. The van der Waals surface area contributed by atoms with Crippen molar-refractivity contribution in [2.45, 2.75) is 25.8 Å². The molecule has 0 aliphatic carbocycles. The van der Waals surface area contributed by atoms with E-state index >= 15 is 0 Å². The van der Waals surface area contributed by atoms with Gasteiger partial charge in [-0.15, -0.1) is 11.8 Å². The van der Waals surface area contributed by atoms with E-state index in [0.717, 1.165) is 16.3 Å². The van der Waals surface area contributed by atoms with Crippen molar-refractivity contribution in [2.75, 3.05) is 12.0 Å². The molecule has 0 aliphatic rings. The number of aromatic nitrogens is 1. The van der Waals surface area contributed by atoms with Crippen molar-refractivity contribution >= 4 is 17.4 Å². The van der Waals surface area contributed by atoms with Crippen LogP contribution >= 0.6 is 11.8 Å². The average Bonchev–Trinajstić information content (AvgIpc) is 2.13. The van der Waals surface area contributed by atoms with Crippen LogP contribution in [-0.4, -0.2) is 11.2 Å². The van der Waals surface area contributed by atoms with Crippen molar-refractivity contribution in [1.82, 2.24) is 4.98 Å². The zero-order chi connectivity index (χ0) is 9.56.